The van der Waals surface area contributed by atoms with Crippen molar-refractivity contribution in [2.45, 2.75) is 13.3 Å². The molecule has 0 radical (unpaired) electrons. The summed E-state index contributed by atoms with van der Waals surface area (Å²) in [5, 5.41) is 7.18. The van der Waals surface area contributed by atoms with Gasteiger partial charge in [-0.05, 0) is 48.9 Å². The minimum atomic E-state index is -0.428. The zero-order chi connectivity index (χ0) is 19.4. The lowest BCUT2D eigenvalue weighted by molar-refractivity contribution is -0.115. The summed E-state index contributed by atoms with van der Waals surface area (Å²) in [7, 11) is 0. The van der Waals surface area contributed by atoms with Gasteiger partial charge in [0.15, 0.2) is 5.13 Å². The molecule has 0 spiro atoms. The fourth-order valence-corrected chi connectivity index (χ4v) is 2.96. The van der Waals surface area contributed by atoms with Crippen LogP contribution in [0, 0.1) is 18.6 Å². The summed E-state index contributed by atoms with van der Waals surface area (Å²) in [6, 6.07) is 9.58. The van der Waals surface area contributed by atoms with Gasteiger partial charge in [-0.2, -0.15) is 0 Å². The predicted molar refractivity (Wildman–Crippen MR) is 99.9 cm³/mol. The first-order valence-corrected chi connectivity index (χ1v) is 8.86. The Kier molecular flexibility index (Phi) is 5.56. The Balaban J connectivity index is 1.58. The van der Waals surface area contributed by atoms with Gasteiger partial charge in [0.1, 0.15) is 11.6 Å². The number of nitrogens with one attached hydrogen (secondary N) is 2. The van der Waals surface area contributed by atoms with E-state index in [1.165, 1.54) is 41.7 Å². The molecule has 1 aromatic heterocycles. The van der Waals surface area contributed by atoms with Crippen LogP contribution in [0.25, 0.3) is 0 Å². The molecular weight excluding hydrogens is 372 g/mol. The fraction of sp³-hybridized carbons (Fsp3) is 0.105. The number of anilines is 2. The molecule has 5 nitrogen and oxygen atoms in total. The number of aryl methyl sites for hydroxylation is 1. The summed E-state index contributed by atoms with van der Waals surface area (Å²) in [4.78, 5) is 28.3. The van der Waals surface area contributed by atoms with Crippen LogP contribution < -0.4 is 10.6 Å². The number of halogens is 2. The summed E-state index contributed by atoms with van der Waals surface area (Å²) in [5.74, 6) is -1.59. The van der Waals surface area contributed by atoms with Gasteiger partial charge < -0.3 is 5.32 Å². The van der Waals surface area contributed by atoms with E-state index in [-0.39, 0.29) is 12.3 Å². The Bertz CT molecular complexity index is 987. The second kappa shape index (κ2) is 8.05. The number of carbonyl (C=O) groups is 2. The normalized spacial score (nSPS) is 10.5. The highest BCUT2D eigenvalue weighted by Crippen LogP contribution is 2.18. The maximum Gasteiger partial charge on any atom is 0.257 e. The van der Waals surface area contributed by atoms with E-state index in [0.29, 0.717) is 27.6 Å². The van der Waals surface area contributed by atoms with Gasteiger partial charge in [0.2, 0.25) is 5.91 Å². The van der Waals surface area contributed by atoms with E-state index in [4.69, 9.17) is 0 Å². The Morgan fingerprint density at radius 1 is 1.07 bits per heavy atom. The number of hydrogen-bond acceptors (Lipinski definition) is 4. The van der Waals surface area contributed by atoms with Gasteiger partial charge in [-0.1, -0.05) is 6.07 Å². The molecule has 0 bridgehead atoms. The lowest BCUT2D eigenvalue weighted by Crippen LogP contribution is -2.15. The van der Waals surface area contributed by atoms with Crippen LogP contribution in [-0.4, -0.2) is 16.8 Å². The highest BCUT2D eigenvalue weighted by Gasteiger charge is 2.12. The average molecular weight is 387 g/mol. The van der Waals surface area contributed by atoms with Gasteiger partial charge >= 0.3 is 0 Å². The summed E-state index contributed by atoms with van der Waals surface area (Å²) >= 11 is 1.17. The molecule has 0 fully saturated rings. The molecule has 3 rings (SSSR count). The highest BCUT2D eigenvalue weighted by atomic mass is 32.1. The SMILES string of the molecule is Cc1ccc(NC(=O)Cc2csc(NC(=O)c3ccc(F)cc3)n2)cc1F. The predicted octanol–water partition coefficient (Wildman–Crippen LogP) is 4.16. The summed E-state index contributed by atoms with van der Waals surface area (Å²) in [6.45, 7) is 1.64. The Labute approximate surface area is 158 Å². The molecule has 0 atom stereocenters. The molecule has 138 valence electrons. The van der Waals surface area contributed by atoms with Gasteiger partial charge in [0, 0.05) is 16.6 Å². The molecule has 27 heavy (non-hydrogen) atoms. The fourth-order valence-electron chi connectivity index (χ4n) is 2.26. The summed E-state index contributed by atoms with van der Waals surface area (Å²) in [6.07, 6.45) is -0.0155. The van der Waals surface area contributed by atoms with E-state index in [9.17, 15) is 18.4 Å². The Hall–Kier alpha value is -3.13. The van der Waals surface area contributed by atoms with Crippen molar-refractivity contribution in [2.24, 2.45) is 0 Å². The number of aromatic nitrogens is 1. The van der Waals surface area contributed by atoms with Crippen molar-refractivity contribution in [1.29, 1.82) is 0 Å². The molecule has 2 aromatic carbocycles. The number of thiazole rings is 1. The van der Waals surface area contributed by atoms with Crippen LogP contribution in [0.3, 0.4) is 0 Å². The zero-order valence-electron chi connectivity index (χ0n) is 14.3. The van der Waals surface area contributed by atoms with E-state index < -0.39 is 17.5 Å². The molecule has 0 aliphatic heterocycles. The monoisotopic (exact) mass is 387 g/mol. The van der Waals surface area contributed by atoms with Crippen molar-refractivity contribution in [1.82, 2.24) is 4.98 Å². The molecule has 0 saturated heterocycles. The van der Waals surface area contributed by atoms with Gasteiger partial charge in [-0.15, -0.1) is 11.3 Å². The number of hydrogen-bond donors (Lipinski definition) is 2. The first-order valence-electron chi connectivity index (χ1n) is 7.98. The van der Waals surface area contributed by atoms with E-state index in [0.717, 1.165) is 0 Å². The van der Waals surface area contributed by atoms with Crippen LogP contribution in [0.4, 0.5) is 19.6 Å². The van der Waals surface area contributed by atoms with Crippen LogP contribution in [0.1, 0.15) is 21.6 Å². The second-order valence-corrected chi connectivity index (χ2v) is 6.65. The largest absolute Gasteiger partial charge is 0.326 e. The minimum Gasteiger partial charge on any atom is -0.326 e. The van der Waals surface area contributed by atoms with Gasteiger partial charge in [0.25, 0.3) is 5.91 Å². The molecule has 0 aliphatic rings. The van der Waals surface area contributed by atoms with Crippen molar-refractivity contribution in [2.75, 3.05) is 10.6 Å². The van der Waals surface area contributed by atoms with Crippen LogP contribution >= 0.6 is 11.3 Å². The smallest absolute Gasteiger partial charge is 0.257 e. The van der Waals surface area contributed by atoms with E-state index in [1.54, 1.807) is 24.4 Å². The lowest BCUT2D eigenvalue weighted by Gasteiger charge is -2.05. The topological polar surface area (TPSA) is 71.1 Å². The maximum atomic E-state index is 13.5. The van der Waals surface area contributed by atoms with Crippen LogP contribution in [0.15, 0.2) is 47.8 Å². The standard InChI is InChI=1S/C19H15F2N3O2S/c1-11-2-7-14(8-16(11)21)22-17(25)9-15-10-27-19(23-15)24-18(26)12-3-5-13(20)6-4-12/h2-8,10H,9H2,1H3,(H,22,25)(H,23,24,26). The van der Waals surface area contributed by atoms with Crippen LogP contribution in [0.5, 0.6) is 0 Å². The van der Waals surface area contributed by atoms with Crippen LogP contribution in [0.2, 0.25) is 0 Å². The zero-order valence-corrected chi connectivity index (χ0v) is 15.1. The Morgan fingerprint density at radius 2 is 1.81 bits per heavy atom. The van der Waals surface area contributed by atoms with Crippen molar-refractivity contribution < 1.29 is 18.4 Å². The number of rotatable bonds is 5. The molecule has 2 N–H and O–H groups in total. The molecule has 2 amide bonds. The first-order chi connectivity index (χ1) is 12.9. The number of nitrogens with zero attached hydrogens (tertiary/aromatic N) is 1. The van der Waals surface area contributed by atoms with Crippen LogP contribution in [-0.2, 0) is 11.2 Å². The minimum absolute atomic E-state index is 0.0155. The van der Waals surface area contributed by atoms with Crippen molar-refractivity contribution in [3.8, 4) is 0 Å². The van der Waals surface area contributed by atoms with Crippen molar-refractivity contribution in [3.05, 3.63) is 76.3 Å². The van der Waals surface area contributed by atoms with Gasteiger partial charge in [-0.3, -0.25) is 14.9 Å². The average Bonchev–Trinajstić information content (AvgIpc) is 3.05. The third-order valence-electron chi connectivity index (χ3n) is 3.68. The van der Waals surface area contributed by atoms with Crippen molar-refractivity contribution >= 4 is 34.0 Å². The molecular formula is C19H15F2N3O2S. The van der Waals surface area contributed by atoms with Gasteiger partial charge in [-0.25, -0.2) is 13.8 Å². The van der Waals surface area contributed by atoms with E-state index in [1.807, 2.05) is 0 Å². The lowest BCUT2D eigenvalue weighted by atomic mass is 10.2. The van der Waals surface area contributed by atoms with E-state index in [2.05, 4.69) is 15.6 Å². The quantitative estimate of drug-likeness (QED) is 0.690. The summed E-state index contributed by atoms with van der Waals surface area (Å²) in [5.41, 5.74) is 1.63. The molecule has 8 heteroatoms. The molecule has 0 saturated carbocycles. The molecule has 3 aromatic rings. The molecule has 1 heterocycles. The number of benzene rings is 2. The first kappa shape index (κ1) is 18.7. The second-order valence-electron chi connectivity index (χ2n) is 5.79. The third-order valence-corrected chi connectivity index (χ3v) is 4.48. The number of amides is 2. The van der Waals surface area contributed by atoms with Crippen molar-refractivity contribution in [3.63, 3.8) is 0 Å². The Morgan fingerprint density at radius 3 is 2.52 bits per heavy atom. The summed E-state index contributed by atoms with van der Waals surface area (Å²) < 4.78 is 26.4. The maximum absolute atomic E-state index is 13.5. The molecule has 0 aliphatic carbocycles. The van der Waals surface area contributed by atoms with Gasteiger partial charge in [0.05, 0.1) is 12.1 Å². The highest BCUT2D eigenvalue weighted by molar-refractivity contribution is 7.14. The van der Waals surface area contributed by atoms with E-state index >= 15 is 0 Å². The third kappa shape index (κ3) is 4.95. The molecule has 0 unspecified atom stereocenters. The number of carbonyl (C=O) groups excluding carboxylic acids is 2.